The van der Waals surface area contributed by atoms with E-state index in [2.05, 4.69) is 6.92 Å². The van der Waals surface area contributed by atoms with Crippen molar-refractivity contribution in [2.45, 2.75) is 51.9 Å². The van der Waals surface area contributed by atoms with Gasteiger partial charge in [-0.3, -0.25) is 19.8 Å². The molecule has 0 spiro atoms. The van der Waals surface area contributed by atoms with Crippen molar-refractivity contribution in [2.75, 3.05) is 0 Å². The van der Waals surface area contributed by atoms with Gasteiger partial charge < -0.3 is 0 Å². The number of hydrogen-bond donors (Lipinski definition) is 2. The molecule has 5 heteroatoms. The minimum atomic E-state index is -1.08. The molecule has 0 fully saturated rings. The molecule has 0 saturated heterocycles. The van der Waals surface area contributed by atoms with Gasteiger partial charge in [-0.25, -0.2) is 5.84 Å². The lowest BCUT2D eigenvalue weighted by molar-refractivity contribution is -0.138. The van der Waals surface area contributed by atoms with E-state index in [-0.39, 0.29) is 11.6 Å². The summed E-state index contributed by atoms with van der Waals surface area (Å²) < 4.78 is 0. The van der Waals surface area contributed by atoms with Crippen LogP contribution in [0.2, 0.25) is 0 Å². The van der Waals surface area contributed by atoms with E-state index in [1.54, 1.807) is 24.3 Å². The molecule has 0 aromatic heterocycles. The highest BCUT2D eigenvalue weighted by atomic mass is 16.2. The van der Waals surface area contributed by atoms with E-state index in [1.165, 1.54) is 6.92 Å². The maximum Gasteiger partial charge on any atom is 0.245 e. The third-order valence-electron chi connectivity index (χ3n) is 3.98. The second kappa shape index (κ2) is 9.90. The number of nitrogens with one attached hydrogen (secondary N) is 1. The Bertz CT molecular complexity index is 528. The number of benzene rings is 1. The highest BCUT2D eigenvalue weighted by molar-refractivity contribution is 6.06. The van der Waals surface area contributed by atoms with Gasteiger partial charge in [0.05, 0.1) is 5.92 Å². The van der Waals surface area contributed by atoms with E-state index in [1.807, 2.05) is 11.5 Å². The van der Waals surface area contributed by atoms with Crippen LogP contribution in [-0.2, 0) is 14.4 Å². The van der Waals surface area contributed by atoms with Crippen molar-refractivity contribution in [3.8, 4) is 0 Å². The maximum atomic E-state index is 12.7. The van der Waals surface area contributed by atoms with Crippen molar-refractivity contribution in [2.24, 2.45) is 11.8 Å². The minimum Gasteiger partial charge on any atom is -0.299 e. The van der Waals surface area contributed by atoms with Gasteiger partial charge >= 0.3 is 0 Å². The van der Waals surface area contributed by atoms with Crippen LogP contribution in [0.15, 0.2) is 30.3 Å². The monoisotopic (exact) mass is 318 g/mol. The van der Waals surface area contributed by atoms with Crippen LogP contribution in [0.3, 0.4) is 0 Å². The molecule has 2 unspecified atom stereocenters. The van der Waals surface area contributed by atoms with E-state index >= 15 is 0 Å². The largest absolute Gasteiger partial charge is 0.299 e. The number of hydrazine groups is 1. The van der Waals surface area contributed by atoms with Crippen LogP contribution >= 0.6 is 0 Å². The number of unbranched alkanes of at least 4 members (excludes halogenated alkanes) is 3. The van der Waals surface area contributed by atoms with Crippen molar-refractivity contribution in [3.05, 3.63) is 35.9 Å². The molecule has 2 atom stereocenters. The molecule has 0 aliphatic rings. The van der Waals surface area contributed by atoms with Crippen LogP contribution in [0.25, 0.3) is 0 Å². The Labute approximate surface area is 137 Å². The highest BCUT2D eigenvalue weighted by Crippen LogP contribution is 2.29. The summed E-state index contributed by atoms with van der Waals surface area (Å²) >= 11 is 0. The van der Waals surface area contributed by atoms with Crippen LogP contribution in [-0.4, -0.2) is 17.5 Å². The summed E-state index contributed by atoms with van der Waals surface area (Å²) in [6.45, 7) is 3.42. The molecule has 5 nitrogen and oxygen atoms in total. The molecule has 1 amide bonds. The zero-order valence-corrected chi connectivity index (χ0v) is 13.9. The summed E-state index contributed by atoms with van der Waals surface area (Å²) in [7, 11) is 0. The van der Waals surface area contributed by atoms with Gasteiger partial charge in [-0.15, -0.1) is 0 Å². The lowest BCUT2D eigenvalue weighted by atomic mass is 9.79. The fraction of sp³-hybridized carbons (Fsp3) is 0.500. The summed E-state index contributed by atoms with van der Waals surface area (Å²) in [6, 6.07) is 8.97. The number of Topliss-reactive ketones (excluding diaryl/α,β-unsaturated/α-hetero) is 2. The molecular formula is C18H26N2O3. The number of ketones is 2. The zero-order valence-electron chi connectivity index (χ0n) is 13.9. The van der Waals surface area contributed by atoms with Gasteiger partial charge in [0, 0.05) is 6.42 Å². The predicted molar refractivity (Wildman–Crippen MR) is 89.5 cm³/mol. The molecule has 1 aromatic carbocycles. The average molecular weight is 318 g/mol. The quantitative estimate of drug-likeness (QED) is 0.228. The minimum absolute atomic E-state index is 0.0869. The molecule has 0 aliphatic heterocycles. The van der Waals surface area contributed by atoms with E-state index in [0.29, 0.717) is 12.0 Å². The van der Waals surface area contributed by atoms with Crippen molar-refractivity contribution in [3.63, 3.8) is 0 Å². The Kier molecular flexibility index (Phi) is 8.19. The topological polar surface area (TPSA) is 89.3 Å². The van der Waals surface area contributed by atoms with Crippen molar-refractivity contribution in [1.82, 2.24) is 5.43 Å². The second-order valence-electron chi connectivity index (χ2n) is 5.76. The first kappa shape index (κ1) is 19.0. The first-order chi connectivity index (χ1) is 11.0. The molecule has 1 aromatic rings. The van der Waals surface area contributed by atoms with E-state index in [0.717, 1.165) is 25.7 Å². The van der Waals surface area contributed by atoms with Crippen LogP contribution in [0.1, 0.15) is 57.4 Å². The number of hydrogen-bond acceptors (Lipinski definition) is 4. The molecule has 3 N–H and O–H groups in total. The molecule has 23 heavy (non-hydrogen) atoms. The van der Waals surface area contributed by atoms with Gasteiger partial charge in [-0.2, -0.15) is 0 Å². The van der Waals surface area contributed by atoms with Gasteiger partial charge in [0.2, 0.25) is 5.91 Å². The van der Waals surface area contributed by atoms with E-state index in [4.69, 9.17) is 5.84 Å². The van der Waals surface area contributed by atoms with Gasteiger partial charge in [0.15, 0.2) is 0 Å². The number of nitrogens with two attached hydrogens (primary N) is 1. The molecule has 1 rings (SSSR count). The van der Waals surface area contributed by atoms with Gasteiger partial charge in [0.25, 0.3) is 0 Å². The Balaban J connectivity index is 3.04. The molecule has 0 aliphatic carbocycles. The maximum absolute atomic E-state index is 12.7. The number of carbonyl (C=O) groups excluding carboxylic acids is 3. The van der Waals surface area contributed by atoms with Crippen LogP contribution < -0.4 is 11.3 Å². The second-order valence-corrected chi connectivity index (χ2v) is 5.76. The molecule has 0 saturated carbocycles. The van der Waals surface area contributed by atoms with Crippen molar-refractivity contribution >= 4 is 17.5 Å². The Morgan fingerprint density at radius 3 is 2.26 bits per heavy atom. The zero-order chi connectivity index (χ0) is 17.2. The highest BCUT2D eigenvalue weighted by Gasteiger charge is 2.37. The van der Waals surface area contributed by atoms with Crippen LogP contribution in [0.4, 0.5) is 0 Å². The van der Waals surface area contributed by atoms with Crippen molar-refractivity contribution in [1.29, 1.82) is 0 Å². The third kappa shape index (κ3) is 5.60. The molecule has 0 radical (unpaired) electrons. The first-order valence-electron chi connectivity index (χ1n) is 8.11. The summed E-state index contributed by atoms with van der Waals surface area (Å²) in [6.07, 6.45) is 4.26. The Hall–Kier alpha value is -2.01. The average Bonchev–Trinajstić information content (AvgIpc) is 2.56. The number of rotatable bonds is 10. The summed E-state index contributed by atoms with van der Waals surface area (Å²) in [5.41, 5.74) is 2.69. The number of amides is 1. The smallest absolute Gasteiger partial charge is 0.245 e. The number of carbonyl (C=O) groups is 3. The SMILES string of the molecule is CCCCCCC(=O)C(c1ccccc1)C(C(C)=O)C(=O)NN. The van der Waals surface area contributed by atoms with Gasteiger partial charge in [-0.05, 0) is 18.9 Å². The summed E-state index contributed by atoms with van der Waals surface area (Å²) in [4.78, 5) is 36.7. The third-order valence-corrected chi connectivity index (χ3v) is 3.98. The lowest BCUT2D eigenvalue weighted by Gasteiger charge is -2.23. The fourth-order valence-electron chi connectivity index (χ4n) is 2.77. The van der Waals surface area contributed by atoms with Crippen molar-refractivity contribution < 1.29 is 14.4 Å². The van der Waals surface area contributed by atoms with E-state index < -0.39 is 17.7 Å². The van der Waals surface area contributed by atoms with E-state index in [9.17, 15) is 14.4 Å². The summed E-state index contributed by atoms with van der Waals surface area (Å²) in [5, 5.41) is 0. The molecule has 0 bridgehead atoms. The van der Waals surface area contributed by atoms with Crippen LogP contribution in [0, 0.1) is 5.92 Å². The predicted octanol–water partition coefficient (Wildman–Crippen LogP) is 2.50. The van der Waals surface area contributed by atoms with Gasteiger partial charge in [0.1, 0.15) is 17.5 Å². The molecule has 126 valence electrons. The standard InChI is InChI=1S/C18H26N2O3/c1-3-4-5-9-12-15(22)17(14-10-7-6-8-11-14)16(13(2)21)18(23)20-19/h6-8,10-11,16-17H,3-5,9,12,19H2,1-2H3,(H,20,23). The van der Waals surface area contributed by atoms with Gasteiger partial charge in [-0.1, -0.05) is 56.5 Å². The van der Waals surface area contributed by atoms with Crippen LogP contribution in [0.5, 0.6) is 0 Å². The summed E-state index contributed by atoms with van der Waals surface area (Å²) in [5.74, 6) is 2.28. The normalized spacial score (nSPS) is 13.2. The Morgan fingerprint density at radius 2 is 1.74 bits per heavy atom. The first-order valence-corrected chi connectivity index (χ1v) is 8.11. The molecule has 0 heterocycles. The Morgan fingerprint density at radius 1 is 1.09 bits per heavy atom. The lowest BCUT2D eigenvalue weighted by Crippen LogP contribution is -2.43. The molecular weight excluding hydrogens is 292 g/mol. The fourth-order valence-corrected chi connectivity index (χ4v) is 2.77.